The van der Waals surface area contributed by atoms with E-state index in [0.717, 1.165) is 11.6 Å². The number of pyridine rings is 1. The Morgan fingerprint density at radius 3 is 2.67 bits per heavy atom. The second-order valence-electron chi connectivity index (χ2n) is 6.74. The molecule has 0 aliphatic heterocycles. The Morgan fingerprint density at radius 1 is 1.17 bits per heavy atom. The van der Waals surface area contributed by atoms with Gasteiger partial charge in [0.05, 0.1) is 6.04 Å². The highest BCUT2D eigenvalue weighted by atomic mass is 19.1. The highest BCUT2D eigenvalue weighted by Gasteiger charge is 2.19. The molecule has 0 bridgehead atoms. The minimum absolute atomic E-state index is 0.0295. The van der Waals surface area contributed by atoms with Crippen LogP contribution in [0.5, 0.6) is 11.8 Å². The topological polar surface area (TPSA) is 77.2 Å². The largest absolute Gasteiger partial charge is 0.416 e. The van der Waals surface area contributed by atoms with Gasteiger partial charge in [0.1, 0.15) is 23.4 Å². The van der Waals surface area contributed by atoms with Gasteiger partial charge in [0.2, 0.25) is 0 Å². The number of hydrogen-bond donors (Lipinski definition) is 1. The van der Waals surface area contributed by atoms with E-state index in [0.29, 0.717) is 16.8 Å². The van der Waals surface area contributed by atoms with Crippen molar-refractivity contribution in [1.29, 1.82) is 0 Å². The van der Waals surface area contributed by atoms with E-state index in [9.17, 15) is 13.6 Å². The van der Waals surface area contributed by atoms with Gasteiger partial charge < -0.3 is 14.5 Å². The van der Waals surface area contributed by atoms with Crippen LogP contribution in [-0.2, 0) is 0 Å². The summed E-state index contributed by atoms with van der Waals surface area (Å²) in [5.41, 5.74) is 0.823. The van der Waals surface area contributed by atoms with E-state index in [4.69, 9.17) is 9.15 Å². The number of nitrogens with one attached hydrogen (secondary N) is 1. The first-order valence-corrected chi connectivity index (χ1v) is 9.16. The average molecular weight is 409 g/mol. The number of rotatable bonds is 5. The molecule has 0 aliphatic carbocycles. The SMILES string of the molecule is Cc1c(F)cc([C@@H](C)NC(=O)c2coc(Oc3cccc4cccnc34)n2)cc1F. The van der Waals surface area contributed by atoms with E-state index in [1.54, 1.807) is 25.3 Å². The quantitative estimate of drug-likeness (QED) is 0.497. The molecule has 0 aliphatic rings. The molecule has 1 amide bonds. The number of para-hydroxylation sites is 1. The molecule has 1 atom stereocenters. The summed E-state index contributed by atoms with van der Waals surface area (Å²) in [6.45, 7) is 2.96. The van der Waals surface area contributed by atoms with Crippen molar-refractivity contribution in [2.24, 2.45) is 0 Å². The number of fused-ring (bicyclic) bond motifs is 1. The van der Waals surface area contributed by atoms with Gasteiger partial charge in [0, 0.05) is 17.1 Å². The number of halogens is 2. The number of carbonyl (C=O) groups excluding carboxylic acids is 1. The van der Waals surface area contributed by atoms with Crippen LogP contribution in [0, 0.1) is 18.6 Å². The third-order valence-electron chi connectivity index (χ3n) is 4.66. The number of ether oxygens (including phenoxy) is 1. The minimum atomic E-state index is -0.674. The van der Waals surface area contributed by atoms with Crippen LogP contribution >= 0.6 is 0 Å². The van der Waals surface area contributed by atoms with Crippen LogP contribution in [0.15, 0.2) is 59.3 Å². The standard InChI is InChI=1S/C22H17F2N3O3/c1-12-16(23)9-15(10-17(12)24)13(2)26-21(28)18-11-29-22(27-18)30-19-7-3-5-14-6-4-8-25-20(14)19/h3-11,13H,1-2H3,(H,26,28)/t13-/m1/s1. The molecule has 152 valence electrons. The highest BCUT2D eigenvalue weighted by molar-refractivity contribution is 5.92. The van der Waals surface area contributed by atoms with E-state index in [1.165, 1.54) is 19.1 Å². The number of aromatic nitrogens is 2. The maximum atomic E-state index is 13.8. The molecule has 2 aromatic carbocycles. The van der Waals surface area contributed by atoms with Crippen molar-refractivity contribution >= 4 is 16.8 Å². The van der Waals surface area contributed by atoms with Gasteiger partial charge in [-0.3, -0.25) is 9.78 Å². The second-order valence-corrected chi connectivity index (χ2v) is 6.74. The van der Waals surface area contributed by atoms with Crippen molar-refractivity contribution in [3.05, 3.63) is 83.4 Å². The summed E-state index contributed by atoms with van der Waals surface area (Å²) in [5.74, 6) is -1.49. The first-order chi connectivity index (χ1) is 14.4. The number of hydrogen-bond acceptors (Lipinski definition) is 5. The van der Waals surface area contributed by atoms with Gasteiger partial charge in [-0.25, -0.2) is 8.78 Å². The molecule has 6 nitrogen and oxygen atoms in total. The summed E-state index contributed by atoms with van der Waals surface area (Å²) in [6.07, 6.45) is 2.66. The third kappa shape index (κ3) is 3.84. The Morgan fingerprint density at radius 2 is 1.90 bits per heavy atom. The Bertz CT molecular complexity index is 1210. The zero-order valence-corrected chi connectivity index (χ0v) is 16.1. The van der Waals surface area contributed by atoms with Crippen LogP contribution in [0.4, 0.5) is 8.78 Å². The average Bonchev–Trinajstić information content (AvgIpc) is 3.20. The molecule has 0 radical (unpaired) electrons. The van der Waals surface area contributed by atoms with E-state index in [-0.39, 0.29) is 17.3 Å². The van der Waals surface area contributed by atoms with Gasteiger partial charge in [-0.05, 0) is 43.7 Å². The monoisotopic (exact) mass is 409 g/mol. The van der Waals surface area contributed by atoms with Crippen LogP contribution in [-0.4, -0.2) is 15.9 Å². The predicted molar refractivity (Wildman–Crippen MR) is 105 cm³/mol. The summed E-state index contributed by atoms with van der Waals surface area (Å²) < 4.78 is 38.4. The molecule has 8 heteroatoms. The van der Waals surface area contributed by atoms with E-state index in [1.807, 2.05) is 18.2 Å². The Hall–Kier alpha value is -3.81. The van der Waals surface area contributed by atoms with Crippen molar-refractivity contribution in [3.63, 3.8) is 0 Å². The molecule has 0 spiro atoms. The molecule has 0 saturated carbocycles. The lowest BCUT2D eigenvalue weighted by molar-refractivity contribution is 0.0934. The van der Waals surface area contributed by atoms with Gasteiger partial charge in [-0.2, -0.15) is 4.98 Å². The molecule has 30 heavy (non-hydrogen) atoms. The van der Waals surface area contributed by atoms with E-state index in [2.05, 4.69) is 15.3 Å². The molecule has 0 saturated heterocycles. The summed E-state index contributed by atoms with van der Waals surface area (Å²) in [6, 6.07) is 10.8. The lowest BCUT2D eigenvalue weighted by Gasteiger charge is -2.14. The molecule has 0 fully saturated rings. The number of carbonyl (C=O) groups is 1. The van der Waals surface area contributed by atoms with Crippen LogP contribution in [0.25, 0.3) is 10.9 Å². The smallest absolute Gasteiger partial charge is 0.399 e. The maximum Gasteiger partial charge on any atom is 0.399 e. The molecule has 2 heterocycles. The van der Waals surface area contributed by atoms with Crippen molar-refractivity contribution in [2.45, 2.75) is 19.9 Å². The molecule has 4 rings (SSSR count). The summed E-state index contributed by atoms with van der Waals surface area (Å²) >= 11 is 0. The van der Waals surface area contributed by atoms with Crippen LogP contribution < -0.4 is 10.1 Å². The lowest BCUT2D eigenvalue weighted by Crippen LogP contribution is -2.27. The first-order valence-electron chi connectivity index (χ1n) is 9.16. The Balaban J connectivity index is 1.49. The second kappa shape index (κ2) is 7.90. The van der Waals surface area contributed by atoms with Crippen molar-refractivity contribution in [3.8, 4) is 11.8 Å². The van der Waals surface area contributed by atoms with Crippen molar-refractivity contribution < 1.29 is 22.7 Å². The first kappa shape index (κ1) is 19.5. The van der Waals surface area contributed by atoms with Gasteiger partial charge >= 0.3 is 6.08 Å². The lowest BCUT2D eigenvalue weighted by atomic mass is 10.1. The van der Waals surface area contributed by atoms with Crippen molar-refractivity contribution in [2.75, 3.05) is 0 Å². The van der Waals surface area contributed by atoms with Gasteiger partial charge in [-0.1, -0.05) is 18.2 Å². The minimum Gasteiger partial charge on any atom is -0.416 e. The molecular weight excluding hydrogens is 392 g/mol. The molecular formula is C22H17F2N3O3. The fraction of sp³-hybridized carbons (Fsp3) is 0.136. The fourth-order valence-corrected chi connectivity index (χ4v) is 2.93. The Kier molecular flexibility index (Phi) is 5.14. The van der Waals surface area contributed by atoms with Crippen molar-refractivity contribution in [1.82, 2.24) is 15.3 Å². The molecule has 1 N–H and O–H groups in total. The third-order valence-corrected chi connectivity index (χ3v) is 4.66. The zero-order chi connectivity index (χ0) is 21.3. The zero-order valence-electron chi connectivity index (χ0n) is 16.1. The van der Waals surface area contributed by atoms with Gasteiger partial charge in [-0.15, -0.1) is 0 Å². The number of nitrogens with zero attached hydrogens (tertiary/aromatic N) is 2. The summed E-state index contributed by atoms with van der Waals surface area (Å²) in [4.78, 5) is 20.8. The van der Waals surface area contributed by atoms with Gasteiger partial charge in [0.15, 0.2) is 11.4 Å². The Labute approximate surface area is 170 Å². The van der Waals surface area contributed by atoms with E-state index >= 15 is 0 Å². The number of oxazole rings is 1. The number of amides is 1. The maximum absolute atomic E-state index is 13.8. The molecule has 0 unspecified atom stereocenters. The molecule has 4 aromatic rings. The van der Waals surface area contributed by atoms with Crippen LogP contribution in [0.2, 0.25) is 0 Å². The summed E-state index contributed by atoms with van der Waals surface area (Å²) in [5, 5.41) is 3.51. The number of benzene rings is 2. The van der Waals surface area contributed by atoms with Crippen LogP contribution in [0.3, 0.4) is 0 Å². The normalized spacial score (nSPS) is 12.0. The predicted octanol–water partition coefficient (Wildman–Crippen LogP) is 5.09. The van der Waals surface area contributed by atoms with Crippen LogP contribution in [0.1, 0.15) is 34.6 Å². The fourth-order valence-electron chi connectivity index (χ4n) is 2.93. The summed E-state index contributed by atoms with van der Waals surface area (Å²) in [7, 11) is 0. The van der Waals surface area contributed by atoms with E-state index < -0.39 is 23.6 Å². The highest BCUT2D eigenvalue weighted by Crippen LogP contribution is 2.28. The molecule has 2 aromatic heterocycles. The van der Waals surface area contributed by atoms with Gasteiger partial charge in [0.25, 0.3) is 5.91 Å².